The van der Waals surface area contributed by atoms with Crippen LogP contribution in [0, 0.1) is 0 Å². The Labute approximate surface area is 96.5 Å². The number of nitrogens with zero attached hydrogens (tertiary/aromatic N) is 1. The van der Waals surface area contributed by atoms with E-state index in [0.717, 1.165) is 18.4 Å². The fourth-order valence-corrected chi connectivity index (χ4v) is 1.75. The number of rotatable bonds is 6. The highest BCUT2D eigenvalue weighted by Crippen LogP contribution is 2.13. The van der Waals surface area contributed by atoms with E-state index in [2.05, 4.69) is 11.9 Å². The minimum Gasteiger partial charge on any atom is -0.390 e. The average molecular weight is 224 g/mol. The van der Waals surface area contributed by atoms with Crippen LogP contribution in [-0.4, -0.2) is 29.4 Å². The van der Waals surface area contributed by atoms with Crippen molar-refractivity contribution in [3.63, 3.8) is 0 Å². The summed E-state index contributed by atoms with van der Waals surface area (Å²) in [5, 5.41) is 10.00. The SMILES string of the molecule is CCCC(OC)C(O)Cc1ccnc(N)c1. The van der Waals surface area contributed by atoms with Crippen molar-refractivity contribution in [2.75, 3.05) is 12.8 Å². The summed E-state index contributed by atoms with van der Waals surface area (Å²) in [6, 6.07) is 3.64. The van der Waals surface area contributed by atoms with Gasteiger partial charge in [0.25, 0.3) is 0 Å². The number of nitrogen functional groups attached to an aromatic ring is 1. The van der Waals surface area contributed by atoms with E-state index in [-0.39, 0.29) is 6.10 Å². The predicted molar refractivity (Wildman–Crippen MR) is 64.1 cm³/mol. The fraction of sp³-hybridized carbons (Fsp3) is 0.583. The van der Waals surface area contributed by atoms with Crippen LogP contribution in [0.3, 0.4) is 0 Å². The minimum absolute atomic E-state index is 0.112. The molecule has 0 aliphatic heterocycles. The van der Waals surface area contributed by atoms with Crippen molar-refractivity contribution >= 4 is 5.82 Å². The van der Waals surface area contributed by atoms with Crippen molar-refractivity contribution in [1.82, 2.24) is 4.98 Å². The maximum atomic E-state index is 10.00. The predicted octanol–water partition coefficient (Wildman–Crippen LogP) is 1.38. The molecule has 0 saturated carbocycles. The Morgan fingerprint density at radius 3 is 2.88 bits per heavy atom. The van der Waals surface area contributed by atoms with E-state index in [4.69, 9.17) is 10.5 Å². The maximum Gasteiger partial charge on any atom is 0.123 e. The summed E-state index contributed by atoms with van der Waals surface area (Å²) in [7, 11) is 1.63. The van der Waals surface area contributed by atoms with Crippen molar-refractivity contribution in [3.8, 4) is 0 Å². The first-order valence-electron chi connectivity index (χ1n) is 5.58. The summed E-state index contributed by atoms with van der Waals surface area (Å²) < 4.78 is 5.26. The normalized spacial score (nSPS) is 14.7. The Bertz CT molecular complexity index is 318. The molecule has 0 aromatic carbocycles. The average Bonchev–Trinajstić information content (AvgIpc) is 2.25. The van der Waals surface area contributed by atoms with Crippen molar-refractivity contribution in [2.45, 2.75) is 38.4 Å². The van der Waals surface area contributed by atoms with Gasteiger partial charge in [-0.3, -0.25) is 0 Å². The molecule has 0 spiro atoms. The number of aliphatic hydroxyl groups excluding tert-OH is 1. The first-order chi connectivity index (χ1) is 7.67. The number of methoxy groups -OCH3 is 1. The van der Waals surface area contributed by atoms with Gasteiger partial charge in [0.1, 0.15) is 5.82 Å². The molecule has 1 rings (SSSR count). The molecule has 16 heavy (non-hydrogen) atoms. The Hall–Kier alpha value is -1.13. The van der Waals surface area contributed by atoms with E-state index in [1.807, 2.05) is 6.07 Å². The Morgan fingerprint density at radius 1 is 1.56 bits per heavy atom. The second kappa shape index (κ2) is 6.45. The molecule has 0 fully saturated rings. The summed E-state index contributed by atoms with van der Waals surface area (Å²) in [5.74, 6) is 0.481. The zero-order valence-electron chi connectivity index (χ0n) is 9.89. The van der Waals surface area contributed by atoms with Gasteiger partial charge < -0.3 is 15.6 Å². The standard InChI is InChI=1S/C12H20N2O2/c1-3-4-11(16-2)10(15)7-9-5-6-14-12(13)8-9/h5-6,8,10-11,15H,3-4,7H2,1-2H3,(H2,13,14). The van der Waals surface area contributed by atoms with E-state index in [9.17, 15) is 5.11 Å². The zero-order chi connectivity index (χ0) is 12.0. The van der Waals surface area contributed by atoms with E-state index in [0.29, 0.717) is 12.2 Å². The number of hydrogen-bond acceptors (Lipinski definition) is 4. The van der Waals surface area contributed by atoms with Crippen molar-refractivity contribution in [1.29, 1.82) is 0 Å². The summed E-state index contributed by atoms with van der Waals surface area (Å²) in [4.78, 5) is 3.91. The molecule has 0 aliphatic carbocycles. The number of aliphatic hydroxyl groups is 1. The lowest BCUT2D eigenvalue weighted by Crippen LogP contribution is -2.29. The van der Waals surface area contributed by atoms with Crippen molar-refractivity contribution < 1.29 is 9.84 Å². The highest BCUT2D eigenvalue weighted by atomic mass is 16.5. The Kier molecular flexibility index (Phi) is 5.22. The molecule has 4 heteroatoms. The molecular weight excluding hydrogens is 204 g/mol. The zero-order valence-corrected chi connectivity index (χ0v) is 9.89. The van der Waals surface area contributed by atoms with E-state index in [1.54, 1.807) is 19.4 Å². The molecule has 0 bridgehead atoms. The molecule has 0 aliphatic rings. The van der Waals surface area contributed by atoms with Crippen molar-refractivity contribution in [2.24, 2.45) is 0 Å². The van der Waals surface area contributed by atoms with Gasteiger partial charge in [-0.05, 0) is 24.1 Å². The van der Waals surface area contributed by atoms with E-state index >= 15 is 0 Å². The molecule has 0 radical (unpaired) electrons. The molecule has 1 heterocycles. The number of nitrogens with two attached hydrogens (primary N) is 1. The minimum atomic E-state index is -0.494. The van der Waals surface area contributed by atoms with Gasteiger partial charge in [0.15, 0.2) is 0 Å². The van der Waals surface area contributed by atoms with Crippen LogP contribution in [0.15, 0.2) is 18.3 Å². The summed E-state index contributed by atoms with van der Waals surface area (Å²) >= 11 is 0. The lowest BCUT2D eigenvalue weighted by Gasteiger charge is -2.21. The molecule has 3 N–H and O–H groups in total. The third-order valence-electron chi connectivity index (χ3n) is 2.60. The second-order valence-electron chi connectivity index (χ2n) is 3.92. The molecule has 1 aromatic heterocycles. The number of aromatic nitrogens is 1. The molecule has 2 unspecified atom stereocenters. The topological polar surface area (TPSA) is 68.4 Å². The highest BCUT2D eigenvalue weighted by Gasteiger charge is 2.18. The highest BCUT2D eigenvalue weighted by molar-refractivity contribution is 5.32. The molecule has 4 nitrogen and oxygen atoms in total. The summed E-state index contributed by atoms with van der Waals surface area (Å²) in [6.07, 6.45) is 3.45. The van der Waals surface area contributed by atoms with Crippen LogP contribution in [-0.2, 0) is 11.2 Å². The molecule has 90 valence electrons. The van der Waals surface area contributed by atoms with Gasteiger partial charge in [-0.25, -0.2) is 4.98 Å². The smallest absolute Gasteiger partial charge is 0.123 e. The number of hydrogen-bond donors (Lipinski definition) is 2. The van der Waals surface area contributed by atoms with Crippen LogP contribution in [0.5, 0.6) is 0 Å². The van der Waals surface area contributed by atoms with Gasteiger partial charge in [-0.1, -0.05) is 13.3 Å². The van der Waals surface area contributed by atoms with E-state index < -0.39 is 6.10 Å². The maximum absolute atomic E-state index is 10.00. The van der Waals surface area contributed by atoms with Crippen LogP contribution >= 0.6 is 0 Å². The summed E-state index contributed by atoms with van der Waals surface area (Å²) in [5.41, 5.74) is 6.56. The van der Waals surface area contributed by atoms with Gasteiger partial charge >= 0.3 is 0 Å². The number of pyridine rings is 1. The van der Waals surface area contributed by atoms with Gasteiger partial charge in [-0.2, -0.15) is 0 Å². The van der Waals surface area contributed by atoms with Crippen molar-refractivity contribution in [3.05, 3.63) is 23.9 Å². The molecule has 0 amide bonds. The molecule has 0 saturated heterocycles. The molecule has 2 atom stereocenters. The molecular formula is C12H20N2O2. The number of anilines is 1. The van der Waals surface area contributed by atoms with Crippen LogP contribution in [0.4, 0.5) is 5.82 Å². The van der Waals surface area contributed by atoms with Gasteiger partial charge in [-0.15, -0.1) is 0 Å². The van der Waals surface area contributed by atoms with Crippen LogP contribution < -0.4 is 5.73 Å². The Balaban J connectivity index is 2.58. The fourth-order valence-electron chi connectivity index (χ4n) is 1.75. The first-order valence-corrected chi connectivity index (χ1v) is 5.58. The second-order valence-corrected chi connectivity index (χ2v) is 3.92. The Morgan fingerprint density at radius 2 is 2.31 bits per heavy atom. The van der Waals surface area contributed by atoms with Crippen LogP contribution in [0.1, 0.15) is 25.3 Å². The van der Waals surface area contributed by atoms with Crippen LogP contribution in [0.25, 0.3) is 0 Å². The van der Waals surface area contributed by atoms with Gasteiger partial charge in [0.05, 0.1) is 12.2 Å². The molecule has 1 aromatic rings. The monoisotopic (exact) mass is 224 g/mol. The lowest BCUT2D eigenvalue weighted by atomic mass is 10.0. The quantitative estimate of drug-likeness (QED) is 0.766. The third-order valence-corrected chi connectivity index (χ3v) is 2.60. The van der Waals surface area contributed by atoms with Gasteiger partial charge in [0.2, 0.25) is 0 Å². The van der Waals surface area contributed by atoms with Crippen LogP contribution in [0.2, 0.25) is 0 Å². The van der Waals surface area contributed by atoms with E-state index in [1.165, 1.54) is 0 Å². The first kappa shape index (κ1) is 12.9. The summed E-state index contributed by atoms with van der Waals surface area (Å²) in [6.45, 7) is 2.07. The largest absolute Gasteiger partial charge is 0.390 e. The van der Waals surface area contributed by atoms with Gasteiger partial charge in [0, 0.05) is 19.7 Å². The third kappa shape index (κ3) is 3.79. The lowest BCUT2D eigenvalue weighted by molar-refractivity contribution is -0.0159. The number of ether oxygens (including phenoxy) is 1.